The van der Waals surface area contributed by atoms with Crippen LogP contribution in [0.15, 0.2) is 48.5 Å². The lowest BCUT2D eigenvalue weighted by molar-refractivity contribution is 0.1000. The van der Waals surface area contributed by atoms with Crippen molar-refractivity contribution in [2.75, 3.05) is 0 Å². The Balaban J connectivity index is 0.00000200. The number of benzene rings is 2. The molecule has 0 saturated carbocycles. The molecule has 0 aromatic heterocycles. The highest BCUT2D eigenvalue weighted by molar-refractivity contribution is 5.92. The maximum atomic E-state index is 11.0. The third-order valence-electron chi connectivity index (χ3n) is 2.83. The summed E-state index contributed by atoms with van der Waals surface area (Å²) in [6, 6.07) is 14.7. The van der Waals surface area contributed by atoms with E-state index in [1.54, 1.807) is 12.1 Å². The van der Waals surface area contributed by atoms with Gasteiger partial charge >= 0.3 is 0 Å². The lowest BCUT2D eigenvalue weighted by Gasteiger charge is -2.10. The Labute approximate surface area is 124 Å². The van der Waals surface area contributed by atoms with Gasteiger partial charge in [0.25, 0.3) is 0 Å². The topological polar surface area (TPSA) is 78.3 Å². The SMILES string of the molecule is Cl.NCc1ccccc1OCc1ccc(C(N)=O)cc1. The molecule has 2 aromatic rings. The molecule has 0 spiro atoms. The molecule has 5 heteroatoms. The molecular formula is C15H17ClN2O2. The van der Waals surface area contributed by atoms with Gasteiger partial charge in [0.2, 0.25) is 5.91 Å². The van der Waals surface area contributed by atoms with Crippen molar-refractivity contribution in [2.45, 2.75) is 13.2 Å². The van der Waals surface area contributed by atoms with Gasteiger partial charge in [-0.2, -0.15) is 0 Å². The second-order valence-electron chi connectivity index (χ2n) is 4.16. The van der Waals surface area contributed by atoms with Crippen LogP contribution in [0.4, 0.5) is 0 Å². The van der Waals surface area contributed by atoms with Crippen molar-refractivity contribution < 1.29 is 9.53 Å². The molecule has 0 atom stereocenters. The summed E-state index contributed by atoms with van der Waals surface area (Å²) in [5, 5.41) is 0. The number of nitrogens with two attached hydrogens (primary N) is 2. The molecule has 106 valence electrons. The van der Waals surface area contributed by atoms with E-state index >= 15 is 0 Å². The van der Waals surface area contributed by atoms with Crippen molar-refractivity contribution in [1.29, 1.82) is 0 Å². The number of primary amides is 1. The minimum Gasteiger partial charge on any atom is -0.489 e. The molecule has 0 bridgehead atoms. The van der Waals surface area contributed by atoms with Gasteiger partial charge in [0.05, 0.1) is 0 Å². The van der Waals surface area contributed by atoms with E-state index in [0.717, 1.165) is 16.9 Å². The highest BCUT2D eigenvalue weighted by Crippen LogP contribution is 2.18. The van der Waals surface area contributed by atoms with Crippen LogP contribution in [0.3, 0.4) is 0 Å². The van der Waals surface area contributed by atoms with Crippen molar-refractivity contribution in [3.63, 3.8) is 0 Å². The van der Waals surface area contributed by atoms with Crippen LogP contribution >= 0.6 is 12.4 Å². The normalized spacial score (nSPS) is 9.65. The Morgan fingerprint density at radius 1 is 1.05 bits per heavy atom. The van der Waals surface area contributed by atoms with Crippen LogP contribution in [0.5, 0.6) is 5.75 Å². The minimum absolute atomic E-state index is 0. The Hall–Kier alpha value is -2.04. The highest BCUT2D eigenvalue weighted by Gasteiger charge is 2.03. The second-order valence-corrected chi connectivity index (χ2v) is 4.16. The summed E-state index contributed by atoms with van der Waals surface area (Å²) < 4.78 is 5.72. The molecule has 1 amide bonds. The third kappa shape index (κ3) is 3.98. The first kappa shape index (κ1) is 16.0. The van der Waals surface area contributed by atoms with E-state index in [4.69, 9.17) is 16.2 Å². The summed E-state index contributed by atoms with van der Waals surface area (Å²) in [6.07, 6.45) is 0. The third-order valence-corrected chi connectivity index (χ3v) is 2.83. The smallest absolute Gasteiger partial charge is 0.248 e. The predicted octanol–water partition coefficient (Wildman–Crippen LogP) is 2.25. The molecule has 0 aliphatic heterocycles. The van der Waals surface area contributed by atoms with Gasteiger partial charge in [-0.15, -0.1) is 12.4 Å². The maximum absolute atomic E-state index is 11.0. The minimum atomic E-state index is -0.430. The number of hydrogen-bond acceptors (Lipinski definition) is 3. The monoisotopic (exact) mass is 292 g/mol. The number of amides is 1. The van der Waals surface area contributed by atoms with Crippen LogP contribution < -0.4 is 16.2 Å². The van der Waals surface area contributed by atoms with E-state index in [0.29, 0.717) is 18.7 Å². The fourth-order valence-corrected chi connectivity index (χ4v) is 1.74. The van der Waals surface area contributed by atoms with E-state index in [2.05, 4.69) is 0 Å². The predicted molar refractivity (Wildman–Crippen MR) is 80.9 cm³/mol. The number of rotatable bonds is 5. The van der Waals surface area contributed by atoms with Crippen LogP contribution in [0.25, 0.3) is 0 Å². The molecule has 4 nitrogen and oxygen atoms in total. The van der Waals surface area contributed by atoms with Crippen molar-refractivity contribution >= 4 is 18.3 Å². The van der Waals surface area contributed by atoms with Crippen LogP contribution in [0.1, 0.15) is 21.5 Å². The summed E-state index contributed by atoms with van der Waals surface area (Å²) >= 11 is 0. The van der Waals surface area contributed by atoms with Gasteiger partial charge in [-0.05, 0) is 23.8 Å². The fourth-order valence-electron chi connectivity index (χ4n) is 1.74. The Bertz CT molecular complexity index is 570. The molecule has 0 aliphatic carbocycles. The van der Waals surface area contributed by atoms with Crippen LogP contribution in [0, 0.1) is 0 Å². The van der Waals surface area contributed by atoms with E-state index in [-0.39, 0.29) is 12.4 Å². The average Bonchev–Trinajstić information content (AvgIpc) is 2.45. The van der Waals surface area contributed by atoms with Gasteiger partial charge in [-0.25, -0.2) is 0 Å². The van der Waals surface area contributed by atoms with Crippen molar-refractivity contribution in [3.05, 3.63) is 65.2 Å². The van der Waals surface area contributed by atoms with Gasteiger partial charge < -0.3 is 16.2 Å². The maximum Gasteiger partial charge on any atom is 0.248 e. The van der Waals surface area contributed by atoms with Gasteiger partial charge in [0, 0.05) is 17.7 Å². The number of hydrogen-bond donors (Lipinski definition) is 2. The Kier molecular flexibility index (Phi) is 6.03. The lowest BCUT2D eigenvalue weighted by Crippen LogP contribution is -2.10. The zero-order valence-electron chi connectivity index (χ0n) is 10.9. The zero-order chi connectivity index (χ0) is 13.7. The Morgan fingerprint density at radius 2 is 1.70 bits per heavy atom. The first-order chi connectivity index (χ1) is 9.20. The van der Waals surface area contributed by atoms with E-state index < -0.39 is 5.91 Å². The zero-order valence-corrected chi connectivity index (χ0v) is 11.7. The lowest BCUT2D eigenvalue weighted by atomic mass is 10.1. The molecule has 0 radical (unpaired) electrons. The largest absolute Gasteiger partial charge is 0.489 e. The average molecular weight is 293 g/mol. The standard InChI is InChI=1S/C15H16N2O2.ClH/c16-9-13-3-1-2-4-14(13)19-10-11-5-7-12(8-6-11)15(17)18;/h1-8H,9-10,16H2,(H2,17,18);1H. The van der Waals surface area contributed by atoms with Gasteiger partial charge in [-0.3, -0.25) is 4.79 Å². The van der Waals surface area contributed by atoms with Crippen LogP contribution in [0.2, 0.25) is 0 Å². The van der Waals surface area contributed by atoms with Crippen LogP contribution in [-0.2, 0) is 13.2 Å². The van der Waals surface area contributed by atoms with Crippen molar-refractivity contribution in [1.82, 2.24) is 0 Å². The fraction of sp³-hybridized carbons (Fsp3) is 0.133. The summed E-state index contributed by atoms with van der Waals surface area (Å²) in [5.41, 5.74) is 13.3. The first-order valence-corrected chi connectivity index (χ1v) is 6.00. The number of carbonyl (C=O) groups is 1. The summed E-state index contributed by atoms with van der Waals surface area (Å²) in [5.74, 6) is 0.352. The van der Waals surface area contributed by atoms with Gasteiger partial charge in [0.1, 0.15) is 12.4 Å². The van der Waals surface area contributed by atoms with Crippen molar-refractivity contribution in [2.24, 2.45) is 11.5 Å². The van der Waals surface area contributed by atoms with Crippen molar-refractivity contribution in [3.8, 4) is 5.75 Å². The molecule has 0 aliphatic rings. The molecule has 0 heterocycles. The highest BCUT2D eigenvalue weighted by atomic mass is 35.5. The molecule has 20 heavy (non-hydrogen) atoms. The van der Waals surface area contributed by atoms with E-state index in [1.165, 1.54) is 0 Å². The van der Waals surface area contributed by atoms with Crippen LogP contribution in [-0.4, -0.2) is 5.91 Å². The number of carbonyl (C=O) groups excluding carboxylic acids is 1. The number of halogens is 1. The molecule has 2 rings (SSSR count). The van der Waals surface area contributed by atoms with Gasteiger partial charge in [-0.1, -0.05) is 30.3 Å². The van der Waals surface area contributed by atoms with Gasteiger partial charge in [0.15, 0.2) is 0 Å². The van der Waals surface area contributed by atoms with E-state index in [9.17, 15) is 4.79 Å². The summed E-state index contributed by atoms with van der Waals surface area (Å²) in [7, 11) is 0. The molecule has 0 saturated heterocycles. The number of ether oxygens (including phenoxy) is 1. The van der Waals surface area contributed by atoms with E-state index in [1.807, 2.05) is 36.4 Å². The summed E-state index contributed by atoms with van der Waals surface area (Å²) in [4.78, 5) is 11.0. The second kappa shape index (κ2) is 7.53. The quantitative estimate of drug-likeness (QED) is 0.887. The molecular weight excluding hydrogens is 276 g/mol. The first-order valence-electron chi connectivity index (χ1n) is 6.00. The molecule has 2 aromatic carbocycles. The molecule has 0 unspecified atom stereocenters. The Morgan fingerprint density at radius 3 is 2.30 bits per heavy atom. The summed E-state index contributed by atoms with van der Waals surface area (Å²) in [6.45, 7) is 0.868. The molecule has 4 N–H and O–H groups in total. The molecule has 0 fully saturated rings. The number of para-hydroxylation sites is 1.